The van der Waals surface area contributed by atoms with Crippen LogP contribution in [0, 0.1) is 5.92 Å². The number of carbonyl (C=O) groups is 2. The van der Waals surface area contributed by atoms with Crippen molar-refractivity contribution in [2.75, 3.05) is 0 Å². The number of aliphatic carboxylic acids is 1. The van der Waals surface area contributed by atoms with Gasteiger partial charge in [-0.3, -0.25) is 9.59 Å². The van der Waals surface area contributed by atoms with Crippen molar-refractivity contribution in [1.29, 1.82) is 0 Å². The topological polar surface area (TPSA) is 92.2 Å². The van der Waals surface area contributed by atoms with Crippen LogP contribution >= 0.6 is 11.5 Å². The molecule has 0 bridgehead atoms. The molecule has 6 nitrogen and oxygen atoms in total. The van der Waals surface area contributed by atoms with E-state index in [4.69, 9.17) is 5.11 Å². The standard InChI is InChI=1S/C10H13N3O3S/c14-9(8-5-11-13-17-8)12-7-3-1-2-6(4-7)10(15)16/h5-7H,1-4H2,(H,12,14)(H,15,16). The highest BCUT2D eigenvalue weighted by molar-refractivity contribution is 7.07. The molecule has 0 aromatic carbocycles. The third-order valence-electron chi connectivity index (χ3n) is 2.94. The van der Waals surface area contributed by atoms with Crippen LogP contribution in [0.5, 0.6) is 0 Å². The van der Waals surface area contributed by atoms with Crippen molar-refractivity contribution >= 4 is 23.4 Å². The fourth-order valence-corrected chi connectivity index (χ4v) is 2.49. The van der Waals surface area contributed by atoms with Gasteiger partial charge in [-0.15, -0.1) is 5.10 Å². The minimum atomic E-state index is -0.775. The van der Waals surface area contributed by atoms with E-state index in [-0.39, 0.29) is 17.9 Å². The van der Waals surface area contributed by atoms with Gasteiger partial charge in [0, 0.05) is 6.04 Å². The van der Waals surface area contributed by atoms with E-state index in [1.807, 2.05) is 0 Å². The number of amides is 1. The second kappa shape index (κ2) is 5.22. The molecule has 1 heterocycles. The number of carboxylic acids is 1. The molecule has 7 heteroatoms. The molecule has 0 aliphatic heterocycles. The lowest BCUT2D eigenvalue weighted by Gasteiger charge is -2.27. The van der Waals surface area contributed by atoms with Crippen LogP contribution in [0.2, 0.25) is 0 Å². The van der Waals surface area contributed by atoms with Crippen LogP contribution in [-0.2, 0) is 4.79 Å². The van der Waals surface area contributed by atoms with Gasteiger partial charge in [-0.2, -0.15) is 0 Å². The maximum atomic E-state index is 11.7. The summed E-state index contributed by atoms with van der Waals surface area (Å²) >= 11 is 1.04. The molecule has 1 saturated carbocycles. The largest absolute Gasteiger partial charge is 0.481 e. The summed E-state index contributed by atoms with van der Waals surface area (Å²) in [6, 6.07) is -0.0561. The lowest BCUT2D eigenvalue weighted by atomic mass is 9.86. The Bertz CT molecular complexity index is 407. The molecule has 1 amide bonds. The second-order valence-electron chi connectivity index (χ2n) is 4.15. The number of nitrogens with one attached hydrogen (secondary N) is 1. The number of nitrogens with zero attached hydrogens (tertiary/aromatic N) is 2. The van der Waals surface area contributed by atoms with Gasteiger partial charge in [-0.25, -0.2) is 0 Å². The first-order valence-corrected chi connectivity index (χ1v) is 6.25. The van der Waals surface area contributed by atoms with Crippen molar-refractivity contribution in [3.8, 4) is 0 Å². The molecule has 92 valence electrons. The highest BCUT2D eigenvalue weighted by Gasteiger charge is 2.28. The van der Waals surface area contributed by atoms with Crippen molar-refractivity contribution < 1.29 is 14.7 Å². The second-order valence-corrected chi connectivity index (χ2v) is 4.94. The first-order chi connectivity index (χ1) is 8.16. The molecule has 2 atom stereocenters. The van der Waals surface area contributed by atoms with Gasteiger partial charge in [-0.05, 0) is 30.8 Å². The summed E-state index contributed by atoms with van der Waals surface area (Å²) in [5, 5.41) is 15.4. The summed E-state index contributed by atoms with van der Waals surface area (Å²) < 4.78 is 3.62. The van der Waals surface area contributed by atoms with Crippen LogP contribution < -0.4 is 5.32 Å². The zero-order chi connectivity index (χ0) is 12.3. The van der Waals surface area contributed by atoms with Crippen LogP contribution in [0.3, 0.4) is 0 Å². The molecular weight excluding hydrogens is 242 g/mol. The van der Waals surface area contributed by atoms with E-state index in [9.17, 15) is 9.59 Å². The molecule has 1 fully saturated rings. The number of hydrogen-bond donors (Lipinski definition) is 2. The predicted octanol–water partition coefficient (Wildman–Crippen LogP) is 0.911. The average molecular weight is 255 g/mol. The SMILES string of the molecule is O=C(NC1CCCC(C(=O)O)C1)c1cnns1. The van der Waals surface area contributed by atoms with Gasteiger partial charge in [0.1, 0.15) is 4.88 Å². The zero-order valence-electron chi connectivity index (χ0n) is 9.13. The molecule has 1 aromatic rings. The van der Waals surface area contributed by atoms with Crippen LogP contribution in [0.15, 0.2) is 6.20 Å². The molecule has 1 aliphatic carbocycles. The third-order valence-corrected chi connectivity index (χ3v) is 3.61. The maximum absolute atomic E-state index is 11.7. The first-order valence-electron chi connectivity index (χ1n) is 5.48. The van der Waals surface area contributed by atoms with Crippen molar-refractivity contribution in [3.05, 3.63) is 11.1 Å². The predicted molar refractivity (Wildman–Crippen MR) is 60.8 cm³/mol. The van der Waals surface area contributed by atoms with E-state index < -0.39 is 5.97 Å². The molecule has 0 saturated heterocycles. The van der Waals surface area contributed by atoms with Crippen LogP contribution in [0.25, 0.3) is 0 Å². The Kier molecular flexibility index (Phi) is 3.68. The van der Waals surface area contributed by atoms with Crippen LogP contribution in [0.1, 0.15) is 35.4 Å². The van der Waals surface area contributed by atoms with E-state index >= 15 is 0 Å². The monoisotopic (exact) mass is 255 g/mol. The Morgan fingerprint density at radius 1 is 1.47 bits per heavy atom. The number of rotatable bonds is 3. The van der Waals surface area contributed by atoms with Gasteiger partial charge in [0.15, 0.2) is 0 Å². The summed E-state index contributed by atoms with van der Waals surface area (Å²) in [6.07, 6.45) is 4.29. The molecule has 2 unspecified atom stereocenters. The van der Waals surface area contributed by atoms with E-state index in [1.165, 1.54) is 6.20 Å². The van der Waals surface area contributed by atoms with Crippen molar-refractivity contribution in [1.82, 2.24) is 14.9 Å². The molecule has 1 aromatic heterocycles. The van der Waals surface area contributed by atoms with Crippen molar-refractivity contribution in [2.24, 2.45) is 5.92 Å². The Morgan fingerprint density at radius 3 is 2.94 bits per heavy atom. The minimum Gasteiger partial charge on any atom is -0.481 e. The fraction of sp³-hybridized carbons (Fsp3) is 0.600. The molecule has 17 heavy (non-hydrogen) atoms. The first kappa shape index (κ1) is 12.0. The van der Waals surface area contributed by atoms with E-state index in [1.54, 1.807) is 0 Å². The smallest absolute Gasteiger partial charge is 0.306 e. The average Bonchev–Trinajstić information content (AvgIpc) is 2.82. The van der Waals surface area contributed by atoms with E-state index in [2.05, 4.69) is 14.9 Å². The van der Waals surface area contributed by atoms with E-state index in [0.29, 0.717) is 17.7 Å². The van der Waals surface area contributed by atoms with E-state index in [0.717, 1.165) is 24.4 Å². The van der Waals surface area contributed by atoms with Gasteiger partial charge >= 0.3 is 5.97 Å². The quantitative estimate of drug-likeness (QED) is 0.837. The Hall–Kier alpha value is -1.50. The Morgan fingerprint density at radius 2 is 2.29 bits per heavy atom. The molecule has 2 N–H and O–H groups in total. The molecule has 1 aliphatic rings. The highest BCUT2D eigenvalue weighted by atomic mass is 32.1. The summed E-state index contributed by atoms with van der Waals surface area (Å²) in [4.78, 5) is 23.1. The normalized spacial score (nSPS) is 24.2. The Labute approximate surface area is 102 Å². The number of aromatic nitrogens is 2. The minimum absolute atomic E-state index is 0.0561. The summed E-state index contributed by atoms with van der Waals surface area (Å²) in [5.74, 6) is -1.33. The summed E-state index contributed by atoms with van der Waals surface area (Å²) in [6.45, 7) is 0. The van der Waals surface area contributed by atoms with Gasteiger partial charge in [0.25, 0.3) is 5.91 Å². The highest BCUT2D eigenvalue weighted by Crippen LogP contribution is 2.24. The number of hydrogen-bond acceptors (Lipinski definition) is 5. The molecule has 0 spiro atoms. The zero-order valence-corrected chi connectivity index (χ0v) is 9.94. The summed E-state index contributed by atoms with van der Waals surface area (Å²) in [7, 11) is 0. The van der Waals surface area contributed by atoms with Crippen LogP contribution in [-0.4, -0.2) is 32.6 Å². The fourth-order valence-electron chi connectivity index (χ4n) is 2.07. The number of carboxylic acid groups (broad SMARTS) is 1. The molecule has 0 radical (unpaired) electrons. The molecule has 2 rings (SSSR count). The molecular formula is C10H13N3O3S. The Balaban J connectivity index is 1.91. The lowest BCUT2D eigenvalue weighted by Crippen LogP contribution is -2.39. The van der Waals surface area contributed by atoms with Gasteiger partial charge in [0.2, 0.25) is 0 Å². The van der Waals surface area contributed by atoms with Crippen LogP contribution in [0.4, 0.5) is 0 Å². The van der Waals surface area contributed by atoms with Crippen molar-refractivity contribution in [3.63, 3.8) is 0 Å². The third kappa shape index (κ3) is 3.00. The summed E-state index contributed by atoms with van der Waals surface area (Å²) in [5.41, 5.74) is 0. The van der Waals surface area contributed by atoms with Gasteiger partial charge in [0.05, 0.1) is 12.1 Å². The van der Waals surface area contributed by atoms with Crippen molar-refractivity contribution in [2.45, 2.75) is 31.7 Å². The maximum Gasteiger partial charge on any atom is 0.306 e. The number of carbonyl (C=O) groups excluding carboxylic acids is 1. The lowest BCUT2D eigenvalue weighted by molar-refractivity contribution is -0.143. The van der Waals surface area contributed by atoms with Gasteiger partial charge < -0.3 is 10.4 Å². The van der Waals surface area contributed by atoms with Gasteiger partial charge in [-0.1, -0.05) is 10.9 Å².